The summed E-state index contributed by atoms with van der Waals surface area (Å²) in [6.07, 6.45) is 1.64. The molecule has 4 nitrogen and oxygen atoms in total. The Kier molecular flexibility index (Phi) is 3.62. The molecule has 0 unspecified atom stereocenters. The average molecular weight is 306 g/mol. The molecular formula is C13H12BrN3O. The Labute approximate surface area is 113 Å². The molecule has 2 aromatic rings. The van der Waals surface area contributed by atoms with Gasteiger partial charge >= 0.3 is 0 Å². The first-order valence-electron chi connectivity index (χ1n) is 5.36. The van der Waals surface area contributed by atoms with E-state index < -0.39 is 0 Å². The first-order chi connectivity index (χ1) is 8.58. The van der Waals surface area contributed by atoms with Crippen LogP contribution in [-0.4, -0.2) is 10.9 Å². The van der Waals surface area contributed by atoms with Crippen molar-refractivity contribution in [1.82, 2.24) is 4.98 Å². The van der Waals surface area contributed by atoms with Crippen LogP contribution < -0.4 is 11.1 Å². The van der Waals surface area contributed by atoms with E-state index >= 15 is 0 Å². The number of hydrogen-bond donors (Lipinski definition) is 2. The van der Waals surface area contributed by atoms with Crippen molar-refractivity contribution in [2.45, 2.75) is 6.92 Å². The minimum atomic E-state index is -0.240. The zero-order chi connectivity index (χ0) is 13.1. The van der Waals surface area contributed by atoms with Crippen molar-refractivity contribution in [1.29, 1.82) is 0 Å². The standard InChI is InChI=1S/C13H12BrN3O/c1-8-3-2-6-16-12(8)17-13(18)10-7-9(15)4-5-11(10)14/h2-7H,15H2,1H3,(H,16,17,18). The Bertz CT molecular complexity index is 599. The summed E-state index contributed by atoms with van der Waals surface area (Å²) >= 11 is 3.33. The molecule has 18 heavy (non-hydrogen) atoms. The molecule has 0 aliphatic heterocycles. The summed E-state index contributed by atoms with van der Waals surface area (Å²) in [4.78, 5) is 16.2. The van der Waals surface area contributed by atoms with Crippen LogP contribution in [0.3, 0.4) is 0 Å². The smallest absolute Gasteiger partial charge is 0.258 e. The van der Waals surface area contributed by atoms with E-state index in [2.05, 4.69) is 26.2 Å². The largest absolute Gasteiger partial charge is 0.399 e. The van der Waals surface area contributed by atoms with Crippen molar-refractivity contribution < 1.29 is 4.79 Å². The van der Waals surface area contributed by atoms with E-state index in [1.807, 2.05) is 19.1 Å². The van der Waals surface area contributed by atoms with Gasteiger partial charge < -0.3 is 11.1 Å². The first kappa shape index (κ1) is 12.6. The Balaban J connectivity index is 2.28. The van der Waals surface area contributed by atoms with Crippen molar-refractivity contribution in [3.63, 3.8) is 0 Å². The Hall–Kier alpha value is -1.88. The molecule has 0 bridgehead atoms. The highest BCUT2D eigenvalue weighted by molar-refractivity contribution is 9.10. The van der Waals surface area contributed by atoms with Gasteiger partial charge in [0.1, 0.15) is 5.82 Å². The predicted molar refractivity (Wildman–Crippen MR) is 75.5 cm³/mol. The highest BCUT2D eigenvalue weighted by Gasteiger charge is 2.12. The lowest BCUT2D eigenvalue weighted by Crippen LogP contribution is -2.14. The van der Waals surface area contributed by atoms with Gasteiger partial charge in [-0.15, -0.1) is 0 Å². The summed E-state index contributed by atoms with van der Waals surface area (Å²) < 4.78 is 0.697. The van der Waals surface area contributed by atoms with Gasteiger partial charge in [0.15, 0.2) is 0 Å². The minimum Gasteiger partial charge on any atom is -0.399 e. The molecule has 0 radical (unpaired) electrons. The number of nitrogens with zero attached hydrogens (tertiary/aromatic N) is 1. The van der Waals surface area contributed by atoms with Crippen LogP contribution in [0.2, 0.25) is 0 Å². The lowest BCUT2D eigenvalue weighted by atomic mass is 10.2. The van der Waals surface area contributed by atoms with Crippen molar-refractivity contribution in [3.05, 3.63) is 52.1 Å². The zero-order valence-corrected chi connectivity index (χ0v) is 11.4. The van der Waals surface area contributed by atoms with Gasteiger partial charge in [0.2, 0.25) is 0 Å². The molecule has 0 fully saturated rings. The fourth-order valence-corrected chi connectivity index (χ4v) is 1.94. The SMILES string of the molecule is Cc1cccnc1NC(=O)c1cc(N)ccc1Br. The van der Waals surface area contributed by atoms with Crippen LogP contribution in [0.1, 0.15) is 15.9 Å². The lowest BCUT2D eigenvalue weighted by molar-refractivity contribution is 0.102. The number of aromatic nitrogens is 1. The van der Waals surface area contributed by atoms with E-state index in [1.165, 1.54) is 0 Å². The van der Waals surface area contributed by atoms with Crippen LogP contribution in [0.5, 0.6) is 0 Å². The average Bonchev–Trinajstić information content (AvgIpc) is 2.35. The van der Waals surface area contributed by atoms with E-state index in [1.54, 1.807) is 24.4 Å². The van der Waals surface area contributed by atoms with E-state index in [-0.39, 0.29) is 5.91 Å². The van der Waals surface area contributed by atoms with Gasteiger partial charge in [-0.3, -0.25) is 4.79 Å². The van der Waals surface area contributed by atoms with Crippen molar-refractivity contribution in [2.75, 3.05) is 11.1 Å². The maximum absolute atomic E-state index is 12.1. The van der Waals surface area contributed by atoms with Crippen LogP contribution in [0.4, 0.5) is 11.5 Å². The van der Waals surface area contributed by atoms with E-state index in [9.17, 15) is 4.79 Å². The second-order valence-corrected chi connectivity index (χ2v) is 4.72. The van der Waals surface area contributed by atoms with Crippen LogP contribution in [0.15, 0.2) is 41.0 Å². The molecule has 0 atom stereocenters. The molecule has 1 aromatic carbocycles. The minimum absolute atomic E-state index is 0.240. The molecule has 92 valence electrons. The van der Waals surface area contributed by atoms with Gasteiger partial charge in [-0.05, 0) is 52.7 Å². The van der Waals surface area contributed by atoms with Crippen LogP contribution in [0.25, 0.3) is 0 Å². The molecule has 1 heterocycles. The summed E-state index contributed by atoms with van der Waals surface area (Å²) in [5.74, 6) is 0.313. The second-order valence-electron chi connectivity index (χ2n) is 3.86. The molecule has 0 aliphatic rings. The third kappa shape index (κ3) is 2.68. The molecule has 0 spiro atoms. The normalized spacial score (nSPS) is 10.1. The summed E-state index contributed by atoms with van der Waals surface area (Å²) in [6.45, 7) is 1.89. The quantitative estimate of drug-likeness (QED) is 0.838. The molecule has 0 saturated carbocycles. The lowest BCUT2D eigenvalue weighted by Gasteiger charge is -2.08. The van der Waals surface area contributed by atoms with Crippen molar-refractivity contribution in [2.24, 2.45) is 0 Å². The fraction of sp³-hybridized carbons (Fsp3) is 0.0769. The topological polar surface area (TPSA) is 68.0 Å². The first-order valence-corrected chi connectivity index (χ1v) is 6.15. The van der Waals surface area contributed by atoms with Gasteiger partial charge in [-0.2, -0.15) is 0 Å². The van der Waals surface area contributed by atoms with Gasteiger partial charge in [-0.25, -0.2) is 4.98 Å². The van der Waals surface area contributed by atoms with E-state index in [0.717, 1.165) is 5.56 Å². The molecule has 2 rings (SSSR count). The van der Waals surface area contributed by atoms with Gasteiger partial charge in [0, 0.05) is 16.4 Å². The summed E-state index contributed by atoms with van der Waals surface area (Å²) in [5.41, 5.74) is 7.61. The Morgan fingerprint density at radius 1 is 1.39 bits per heavy atom. The summed E-state index contributed by atoms with van der Waals surface area (Å²) in [7, 11) is 0. The molecule has 0 aliphatic carbocycles. The van der Waals surface area contributed by atoms with Gasteiger partial charge in [0.05, 0.1) is 5.56 Å². The van der Waals surface area contributed by atoms with Gasteiger partial charge in [0.25, 0.3) is 5.91 Å². The number of hydrogen-bond acceptors (Lipinski definition) is 3. The number of carbonyl (C=O) groups excluding carboxylic acids is 1. The maximum atomic E-state index is 12.1. The number of benzene rings is 1. The number of halogens is 1. The van der Waals surface area contributed by atoms with Crippen molar-refractivity contribution >= 4 is 33.3 Å². The second kappa shape index (κ2) is 5.18. The number of anilines is 2. The van der Waals surface area contributed by atoms with Crippen molar-refractivity contribution in [3.8, 4) is 0 Å². The van der Waals surface area contributed by atoms with Crippen LogP contribution >= 0.6 is 15.9 Å². The number of pyridine rings is 1. The number of aryl methyl sites for hydroxylation is 1. The summed E-state index contributed by atoms with van der Waals surface area (Å²) in [5, 5.41) is 2.76. The highest BCUT2D eigenvalue weighted by Crippen LogP contribution is 2.21. The number of nitrogens with one attached hydrogen (secondary N) is 1. The third-order valence-electron chi connectivity index (χ3n) is 2.48. The van der Waals surface area contributed by atoms with Crippen LogP contribution in [0, 0.1) is 6.92 Å². The Morgan fingerprint density at radius 2 is 2.17 bits per heavy atom. The number of amides is 1. The molecule has 1 amide bonds. The number of nitrogen functional groups attached to an aromatic ring is 1. The molecule has 0 saturated heterocycles. The van der Waals surface area contributed by atoms with Gasteiger partial charge in [-0.1, -0.05) is 6.07 Å². The molecule has 3 N–H and O–H groups in total. The zero-order valence-electron chi connectivity index (χ0n) is 9.77. The Morgan fingerprint density at radius 3 is 2.89 bits per heavy atom. The predicted octanol–water partition coefficient (Wildman–Crippen LogP) is 2.99. The van der Waals surface area contributed by atoms with Crippen LogP contribution in [-0.2, 0) is 0 Å². The molecular weight excluding hydrogens is 294 g/mol. The third-order valence-corrected chi connectivity index (χ3v) is 3.17. The molecule has 5 heteroatoms. The number of nitrogens with two attached hydrogens (primary N) is 1. The highest BCUT2D eigenvalue weighted by atomic mass is 79.9. The monoisotopic (exact) mass is 305 g/mol. The number of rotatable bonds is 2. The maximum Gasteiger partial charge on any atom is 0.258 e. The van der Waals surface area contributed by atoms with E-state index in [4.69, 9.17) is 5.73 Å². The van der Waals surface area contributed by atoms with E-state index in [0.29, 0.717) is 21.5 Å². The molecule has 1 aromatic heterocycles. The fourth-order valence-electron chi connectivity index (χ4n) is 1.51. The number of carbonyl (C=O) groups is 1. The summed E-state index contributed by atoms with van der Waals surface area (Å²) in [6, 6.07) is 8.80.